The molecule has 3 aromatic rings. The fraction of sp³-hybridized carbons (Fsp3) is 0.194. The van der Waals surface area contributed by atoms with E-state index in [-0.39, 0.29) is 18.2 Å². The molecular formula is C31H28N2O5S2. The number of nitrogens with zero attached hydrogens (tertiary/aromatic N) is 1. The lowest BCUT2D eigenvalue weighted by Gasteiger charge is -2.49. The standard InChI is InChI=1S/C31H28N2O5S2/c1-2-18-39-24-20-40-30-26(32-25(34)19-37-23-16-10-5-11-17-23)29(35)33(30)27(24)31(36)38-28(21-12-6-3-7-13-21)22-14-8-4-9-15-22/h2-17,26,28,30H,1,18-20H2,(H,32,34)/t26-,30-/m1/s1. The molecule has 2 aliphatic heterocycles. The van der Waals surface area contributed by atoms with Crippen LogP contribution in [0.3, 0.4) is 0 Å². The van der Waals surface area contributed by atoms with Crippen LogP contribution in [-0.4, -0.2) is 52.2 Å². The van der Waals surface area contributed by atoms with Crippen LogP contribution >= 0.6 is 23.5 Å². The Bertz CT molecular complexity index is 1360. The number of esters is 1. The third-order valence-electron chi connectivity index (χ3n) is 6.36. The maximum Gasteiger partial charge on any atom is 0.356 e. The first-order chi connectivity index (χ1) is 19.6. The average Bonchev–Trinajstić information content (AvgIpc) is 3.01. The molecule has 5 rings (SSSR count). The molecule has 0 saturated carbocycles. The van der Waals surface area contributed by atoms with Gasteiger partial charge in [-0.25, -0.2) is 4.79 Å². The van der Waals surface area contributed by atoms with E-state index < -0.39 is 29.4 Å². The van der Waals surface area contributed by atoms with E-state index in [1.54, 1.807) is 18.2 Å². The van der Waals surface area contributed by atoms with E-state index in [0.29, 0.717) is 17.3 Å². The quantitative estimate of drug-likeness (QED) is 0.198. The first-order valence-electron chi connectivity index (χ1n) is 12.8. The highest BCUT2D eigenvalue weighted by Crippen LogP contribution is 2.44. The van der Waals surface area contributed by atoms with Gasteiger partial charge in [0.25, 0.3) is 11.8 Å². The molecule has 0 spiro atoms. The second kappa shape index (κ2) is 12.9. The van der Waals surface area contributed by atoms with Crippen molar-refractivity contribution in [2.24, 2.45) is 0 Å². The number of fused-ring (bicyclic) bond motifs is 1. The van der Waals surface area contributed by atoms with Gasteiger partial charge in [-0.3, -0.25) is 14.5 Å². The van der Waals surface area contributed by atoms with Crippen LogP contribution in [0, 0.1) is 0 Å². The molecule has 0 unspecified atom stereocenters. The van der Waals surface area contributed by atoms with E-state index in [4.69, 9.17) is 9.47 Å². The molecule has 2 atom stereocenters. The fourth-order valence-corrected chi connectivity index (χ4v) is 6.85. The van der Waals surface area contributed by atoms with E-state index in [1.165, 1.54) is 28.4 Å². The van der Waals surface area contributed by atoms with Crippen LogP contribution in [0.1, 0.15) is 17.2 Å². The zero-order valence-electron chi connectivity index (χ0n) is 21.6. The zero-order valence-corrected chi connectivity index (χ0v) is 23.2. The van der Waals surface area contributed by atoms with Gasteiger partial charge in [-0.1, -0.05) is 84.9 Å². The topological polar surface area (TPSA) is 84.9 Å². The van der Waals surface area contributed by atoms with Crippen LogP contribution < -0.4 is 10.1 Å². The predicted molar refractivity (Wildman–Crippen MR) is 157 cm³/mol. The number of para-hydroxylation sites is 1. The zero-order chi connectivity index (χ0) is 27.9. The van der Waals surface area contributed by atoms with Crippen LogP contribution in [0.15, 0.2) is 114 Å². The molecule has 2 heterocycles. The molecular weight excluding hydrogens is 544 g/mol. The SMILES string of the molecule is C=CCSC1=C(C(=O)OC(c2ccccc2)c2ccccc2)N2C(=O)[C@@H](NC(=O)COc3ccccc3)[C@H]2SC1. The van der Waals surface area contributed by atoms with E-state index in [0.717, 1.165) is 16.0 Å². The van der Waals surface area contributed by atoms with Gasteiger partial charge in [0.05, 0.1) is 0 Å². The molecule has 0 aliphatic carbocycles. The van der Waals surface area contributed by atoms with Gasteiger partial charge in [-0.05, 0) is 23.3 Å². The van der Waals surface area contributed by atoms with Crippen LogP contribution in [0.25, 0.3) is 0 Å². The molecule has 0 radical (unpaired) electrons. The third-order valence-corrected chi connectivity index (χ3v) is 8.91. The second-order valence-electron chi connectivity index (χ2n) is 9.03. The third kappa shape index (κ3) is 6.11. The van der Waals surface area contributed by atoms with E-state index in [2.05, 4.69) is 11.9 Å². The Morgan fingerprint density at radius 1 is 1.00 bits per heavy atom. The number of benzene rings is 3. The van der Waals surface area contributed by atoms with Gasteiger partial charge >= 0.3 is 5.97 Å². The molecule has 204 valence electrons. The Hall–Kier alpha value is -3.95. The summed E-state index contributed by atoms with van der Waals surface area (Å²) in [5.74, 6) is 0.304. The molecule has 1 fully saturated rings. The van der Waals surface area contributed by atoms with Crippen molar-refractivity contribution < 1.29 is 23.9 Å². The Kier molecular flexibility index (Phi) is 8.93. The molecule has 3 aromatic carbocycles. The summed E-state index contributed by atoms with van der Waals surface area (Å²) in [6, 6.07) is 27.2. The highest BCUT2D eigenvalue weighted by molar-refractivity contribution is 8.06. The number of carbonyl (C=O) groups excluding carboxylic acids is 3. The number of thioether (sulfide) groups is 2. The van der Waals surface area contributed by atoms with E-state index >= 15 is 0 Å². The maximum absolute atomic E-state index is 13.8. The minimum atomic E-state index is -0.760. The highest BCUT2D eigenvalue weighted by Gasteiger charge is 2.54. The number of amides is 2. The first kappa shape index (κ1) is 27.6. The highest BCUT2D eigenvalue weighted by atomic mass is 32.2. The molecule has 7 nitrogen and oxygen atoms in total. The van der Waals surface area contributed by atoms with Crippen LogP contribution in [-0.2, 0) is 19.1 Å². The largest absolute Gasteiger partial charge is 0.484 e. The molecule has 1 saturated heterocycles. The van der Waals surface area contributed by atoms with Crippen molar-refractivity contribution in [3.8, 4) is 5.75 Å². The van der Waals surface area contributed by atoms with Crippen LogP contribution in [0.2, 0.25) is 0 Å². The first-order valence-corrected chi connectivity index (χ1v) is 14.8. The number of nitrogens with one attached hydrogen (secondary N) is 1. The summed E-state index contributed by atoms with van der Waals surface area (Å²) < 4.78 is 11.6. The summed E-state index contributed by atoms with van der Waals surface area (Å²) in [7, 11) is 0. The van der Waals surface area contributed by atoms with Gasteiger partial charge in [-0.15, -0.1) is 30.1 Å². The van der Waals surface area contributed by atoms with Crippen molar-refractivity contribution in [1.82, 2.24) is 10.2 Å². The van der Waals surface area contributed by atoms with Crippen LogP contribution in [0.4, 0.5) is 0 Å². The molecule has 2 aliphatic rings. The summed E-state index contributed by atoms with van der Waals surface area (Å²) in [4.78, 5) is 42.0. The molecule has 2 amide bonds. The lowest BCUT2D eigenvalue weighted by molar-refractivity contribution is -0.154. The number of β-lactam (4-membered cyclic amide) rings is 1. The summed E-state index contributed by atoms with van der Waals surface area (Å²) in [6.45, 7) is 3.57. The molecule has 40 heavy (non-hydrogen) atoms. The molecule has 0 aromatic heterocycles. The Morgan fingerprint density at radius 2 is 1.60 bits per heavy atom. The smallest absolute Gasteiger partial charge is 0.356 e. The molecule has 1 N–H and O–H groups in total. The monoisotopic (exact) mass is 572 g/mol. The van der Waals surface area contributed by atoms with Gasteiger partial charge in [0, 0.05) is 16.4 Å². The predicted octanol–water partition coefficient (Wildman–Crippen LogP) is 4.93. The normalized spacial score (nSPS) is 18.0. The Balaban J connectivity index is 1.34. The van der Waals surface area contributed by atoms with Crippen LogP contribution in [0.5, 0.6) is 5.75 Å². The molecule has 9 heteroatoms. The van der Waals surface area contributed by atoms with Gasteiger partial charge in [0.1, 0.15) is 22.9 Å². The lowest BCUT2D eigenvalue weighted by Crippen LogP contribution is -2.70. The minimum absolute atomic E-state index is 0.216. The number of hydrogen-bond acceptors (Lipinski definition) is 7. The van der Waals surface area contributed by atoms with Crippen molar-refractivity contribution in [2.45, 2.75) is 17.5 Å². The fourth-order valence-electron chi connectivity index (χ4n) is 4.48. The number of carbonyl (C=O) groups is 3. The van der Waals surface area contributed by atoms with Gasteiger partial charge in [-0.2, -0.15) is 0 Å². The van der Waals surface area contributed by atoms with Crippen molar-refractivity contribution in [3.63, 3.8) is 0 Å². The summed E-state index contributed by atoms with van der Waals surface area (Å²) >= 11 is 2.96. The summed E-state index contributed by atoms with van der Waals surface area (Å²) in [5, 5.41) is 2.35. The summed E-state index contributed by atoms with van der Waals surface area (Å²) in [5.41, 5.74) is 1.87. The number of hydrogen-bond donors (Lipinski definition) is 1. The van der Waals surface area contributed by atoms with Crippen molar-refractivity contribution in [2.75, 3.05) is 18.1 Å². The van der Waals surface area contributed by atoms with E-state index in [9.17, 15) is 14.4 Å². The number of rotatable bonds is 11. The van der Waals surface area contributed by atoms with E-state index in [1.807, 2.05) is 78.9 Å². The number of ether oxygens (including phenoxy) is 2. The average molecular weight is 573 g/mol. The van der Waals surface area contributed by atoms with Gasteiger partial charge < -0.3 is 14.8 Å². The Labute approximate surface area is 241 Å². The lowest BCUT2D eigenvalue weighted by atomic mass is 10.0. The second-order valence-corrected chi connectivity index (χ2v) is 11.3. The van der Waals surface area contributed by atoms with Crippen molar-refractivity contribution in [1.29, 1.82) is 0 Å². The Morgan fingerprint density at radius 3 is 2.20 bits per heavy atom. The van der Waals surface area contributed by atoms with Crippen molar-refractivity contribution in [3.05, 3.63) is 125 Å². The molecule has 0 bridgehead atoms. The minimum Gasteiger partial charge on any atom is -0.484 e. The van der Waals surface area contributed by atoms with Crippen molar-refractivity contribution >= 4 is 41.3 Å². The van der Waals surface area contributed by atoms with Gasteiger partial charge in [0.2, 0.25) is 0 Å². The van der Waals surface area contributed by atoms with Gasteiger partial charge in [0.15, 0.2) is 12.7 Å². The summed E-state index contributed by atoms with van der Waals surface area (Å²) in [6.07, 6.45) is 1.10. The maximum atomic E-state index is 13.8.